The van der Waals surface area contributed by atoms with E-state index in [1.165, 1.54) is 0 Å². The van der Waals surface area contributed by atoms with Crippen LogP contribution >= 0.6 is 11.6 Å². The molecule has 20 heavy (non-hydrogen) atoms. The first-order valence-corrected chi connectivity index (χ1v) is 7.00. The van der Waals surface area contributed by atoms with E-state index < -0.39 is 0 Å². The lowest BCUT2D eigenvalue weighted by Crippen LogP contribution is -2.20. The van der Waals surface area contributed by atoms with E-state index in [9.17, 15) is 0 Å². The molecule has 0 aliphatic carbocycles. The zero-order chi connectivity index (χ0) is 14.4. The van der Waals surface area contributed by atoms with Gasteiger partial charge in [0, 0.05) is 24.3 Å². The van der Waals surface area contributed by atoms with Gasteiger partial charge in [0.1, 0.15) is 0 Å². The Hall–Kier alpha value is -1.88. The van der Waals surface area contributed by atoms with E-state index in [4.69, 9.17) is 11.6 Å². The molecule has 2 aromatic rings. The highest BCUT2D eigenvalue weighted by atomic mass is 35.5. The highest BCUT2D eigenvalue weighted by molar-refractivity contribution is 6.30. The number of aromatic nitrogens is 3. The molecule has 6 heteroatoms. The van der Waals surface area contributed by atoms with Gasteiger partial charge >= 0.3 is 0 Å². The molecule has 0 fully saturated rings. The number of nitrogens with one attached hydrogen (secondary N) is 1. The first kappa shape index (κ1) is 14.5. The number of halogens is 1. The van der Waals surface area contributed by atoms with Crippen molar-refractivity contribution in [3.63, 3.8) is 0 Å². The number of nitrogens with zero attached hydrogens (tertiary/aromatic N) is 4. The minimum absolute atomic E-state index is 0.466. The third kappa shape index (κ3) is 4.06. The second kappa shape index (κ2) is 7.05. The fraction of sp³-hybridized carbons (Fsp3) is 0.357. The molecule has 0 radical (unpaired) electrons. The molecule has 0 unspecified atom stereocenters. The van der Waals surface area contributed by atoms with E-state index in [2.05, 4.69) is 32.3 Å². The fourth-order valence-corrected chi connectivity index (χ4v) is 1.93. The van der Waals surface area contributed by atoms with Crippen molar-refractivity contribution in [1.82, 2.24) is 15.2 Å². The lowest BCUT2D eigenvalue weighted by molar-refractivity contribution is 0.754. The minimum Gasteiger partial charge on any atom is -0.358 e. The lowest BCUT2D eigenvalue weighted by atomic mass is 10.3. The summed E-state index contributed by atoms with van der Waals surface area (Å²) in [6.07, 6.45) is 3.94. The van der Waals surface area contributed by atoms with Crippen LogP contribution in [0.25, 0.3) is 0 Å². The summed E-state index contributed by atoms with van der Waals surface area (Å²) in [6.45, 7) is 3.12. The Morgan fingerprint density at radius 1 is 1.35 bits per heavy atom. The lowest BCUT2D eigenvalue weighted by Gasteiger charge is -2.17. The molecule has 0 aliphatic heterocycles. The molecule has 0 bridgehead atoms. The van der Waals surface area contributed by atoms with Crippen LogP contribution in [0.1, 0.15) is 19.8 Å². The summed E-state index contributed by atoms with van der Waals surface area (Å²) in [5, 5.41) is 11.7. The minimum atomic E-state index is 0.466. The largest absolute Gasteiger partial charge is 0.358 e. The van der Waals surface area contributed by atoms with E-state index in [-0.39, 0.29) is 0 Å². The summed E-state index contributed by atoms with van der Waals surface area (Å²) < 4.78 is 0. The van der Waals surface area contributed by atoms with Gasteiger partial charge in [0.2, 0.25) is 5.95 Å². The number of hydrogen-bond acceptors (Lipinski definition) is 5. The second-order valence-corrected chi connectivity index (χ2v) is 4.99. The van der Waals surface area contributed by atoms with Crippen molar-refractivity contribution in [2.75, 3.05) is 23.8 Å². The van der Waals surface area contributed by atoms with Crippen LogP contribution in [-0.2, 0) is 0 Å². The average molecular weight is 292 g/mol. The van der Waals surface area contributed by atoms with Gasteiger partial charge in [-0.2, -0.15) is 10.1 Å². The molecule has 1 heterocycles. The number of rotatable bonds is 6. The topological polar surface area (TPSA) is 53.9 Å². The zero-order valence-electron chi connectivity index (χ0n) is 11.7. The summed E-state index contributed by atoms with van der Waals surface area (Å²) in [4.78, 5) is 6.52. The van der Waals surface area contributed by atoms with E-state index >= 15 is 0 Å². The van der Waals surface area contributed by atoms with Crippen molar-refractivity contribution in [1.29, 1.82) is 0 Å². The van der Waals surface area contributed by atoms with Gasteiger partial charge in [0.25, 0.3) is 0 Å². The second-order valence-electron chi connectivity index (χ2n) is 4.55. The van der Waals surface area contributed by atoms with Gasteiger partial charge in [-0.05, 0) is 24.6 Å². The van der Waals surface area contributed by atoms with Crippen LogP contribution in [0.15, 0.2) is 30.5 Å². The molecular formula is C14H18ClN5. The van der Waals surface area contributed by atoms with Crippen LogP contribution < -0.4 is 10.2 Å². The smallest absolute Gasteiger partial charge is 0.249 e. The molecule has 2 rings (SSSR count). The summed E-state index contributed by atoms with van der Waals surface area (Å²) in [6, 6.07) is 7.41. The van der Waals surface area contributed by atoms with E-state index in [0.29, 0.717) is 11.0 Å². The highest BCUT2D eigenvalue weighted by Gasteiger charge is 2.05. The van der Waals surface area contributed by atoms with Gasteiger partial charge < -0.3 is 10.2 Å². The predicted octanol–water partition coefficient (Wildman–Crippen LogP) is 3.50. The maximum atomic E-state index is 5.95. The van der Waals surface area contributed by atoms with Crippen LogP contribution in [0.4, 0.5) is 17.5 Å². The van der Waals surface area contributed by atoms with Gasteiger partial charge in [-0.15, -0.1) is 5.10 Å². The van der Waals surface area contributed by atoms with Crippen molar-refractivity contribution in [3.8, 4) is 0 Å². The van der Waals surface area contributed by atoms with Gasteiger partial charge in [0.15, 0.2) is 5.82 Å². The quantitative estimate of drug-likeness (QED) is 0.883. The van der Waals surface area contributed by atoms with Crippen LogP contribution in [0.5, 0.6) is 0 Å². The molecule has 0 aliphatic rings. The molecule has 5 nitrogen and oxygen atoms in total. The van der Waals surface area contributed by atoms with Crippen LogP contribution in [-0.4, -0.2) is 28.8 Å². The molecule has 106 valence electrons. The van der Waals surface area contributed by atoms with Crippen molar-refractivity contribution < 1.29 is 0 Å². The standard InChI is InChI=1S/C14H18ClN5/c1-3-4-8-20(2)13-10-16-19-14(18-13)17-12-7-5-6-11(15)9-12/h5-7,9-10H,3-4,8H2,1-2H3,(H,17,18,19). The monoisotopic (exact) mass is 291 g/mol. The molecule has 0 atom stereocenters. The number of unbranched alkanes of at least 4 members (excludes halogenated alkanes) is 1. The number of anilines is 3. The summed E-state index contributed by atoms with van der Waals surface area (Å²) in [5.74, 6) is 1.27. The summed E-state index contributed by atoms with van der Waals surface area (Å²) in [7, 11) is 2.00. The number of hydrogen-bond donors (Lipinski definition) is 1. The maximum absolute atomic E-state index is 5.95. The first-order valence-electron chi connectivity index (χ1n) is 6.62. The van der Waals surface area contributed by atoms with Gasteiger partial charge in [0.05, 0.1) is 6.20 Å². The zero-order valence-corrected chi connectivity index (χ0v) is 12.4. The Bertz CT molecular complexity index is 561. The molecule has 1 aromatic heterocycles. The van der Waals surface area contributed by atoms with Crippen molar-refractivity contribution in [2.24, 2.45) is 0 Å². The fourth-order valence-electron chi connectivity index (χ4n) is 1.74. The Balaban J connectivity index is 2.09. The first-order chi connectivity index (χ1) is 9.69. The Kier molecular flexibility index (Phi) is 5.12. The number of benzene rings is 1. The SMILES string of the molecule is CCCCN(C)c1cnnc(Nc2cccc(Cl)c2)n1. The summed E-state index contributed by atoms with van der Waals surface area (Å²) >= 11 is 5.95. The predicted molar refractivity (Wildman–Crippen MR) is 82.7 cm³/mol. The van der Waals surface area contributed by atoms with Crippen molar-refractivity contribution in [3.05, 3.63) is 35.5 Å². The normalized spacial score (nSPS) is 10.3. The van der Waals surface area contributed by atoms with E-state index in [1.807, 2.05) is 31.3 Å². The van der Waals surface area contributed by atoms with Crippen molar-refractivity contribution >= 4 is 29.1 Å². The summed E-state index contributed by atoms with van der Waals surface area (Å²) in [5.41, 5.74) is 0.840. The van der Waals surface area contributed by atoms with Crippen LogP contribution in [0.2, 0.25) is 5.02 Å². The molecule has 0 amide bonds. The molecule has 0 saturated heterocycles. The molecule has 1 N–H and O–H groups in total. The van der Waals surface area contributed by atoms with Gasteiger partial charge in [-0.25, -0.2) is 0 Å². The Labute approximate surface area is 124 Å². The molecule has 0 spiro atoms. The third-order valence-electron chi connectivity index (χ3n) is 2.87. The Morgan fingerprint density at radius 2 is 2.20 bits per heavy atom. The highest BCUT2D eigenvalue weighted by Crippen LogP contribution is 2.18. The Morgan fingerprint density at radius 3 is 2.95 bits per heavy atom. The van der Waals surface area contributed by atoms with Crippen LogP contribution in [0, 0.1) is 0 Å². The molecular weight excluding hydrogens is 274 g/mol. The average Bonchev–Trinajstić information content (AvgIpc) is 2.45. The van der Waals surface area contributed by atoms with Crippen molar-refractivity contribution in [2.45, 2.75) is 19.8 Å². The van der Waals surface area contributed by atoms with E-state index in [0.717, 1.165) is 30.9 Å². The van der Waals surface area contributed by atoms with Gasteiger partial charge in [-0.3, -0.25) is 0 Å². The molecule has 0 saturated carbocycles. The van der Waals surface area contributed by atoms with Crippen LogP contribution in [0.3, 0.4) is 0 Å². The maximum Gasteiger partial charge on any atom is 0.249 e. The molecule has 1 aromatic carbocycles. The van der Waals surface area contributed by atoms with E-state index in [1.54, 1.807) is 6.20 Å². The third-order valence-corrected chi connectivity index (χ3v) is 3.10. The van der Waals surface area contributed by atoms with Gasteiger partial charge in [-0.1, -0.05) is 31.0 Å².